The lowest BCUT2D eigenvalue weighted by Gasteiger charge is -2.13. The molecule has 0 aliphatic heterocycles. The highest BCUT2D eigenvalue weighted by Gasteiger charge is 2.30. The molecule has 0 bridgehead atoms. The Morgan fingerprint density at radius 3 is 2.70 bits per heavy atom. The van der Waals surface area contributed by atoms with Crippen molar-refractivity contribution in [3.8, 4) is 11.5 Å². The number of hydrogen-bond donors (Lipinski definition) is 2. The molecule has 0 spiro atoms. The number of methoxy groups -OCH3 is 1. The van der Waals surface area contributed by atoms with E-state index in [1.807, 2.05) is 18.2 Å². The number of aromatic nitrogens is 1. The van der Waals surface area contributed by atoms with Gasteiger partial charge in [0.2, 0.25) is 5.91 Å². The number of halogens is 5. The summed E-state index contributed by atoms with van der Waals surface area (Å²) in [7, 11) is 1.51. The van der Waals surface area contributed by atoms with Crippen LogP contribution >= 0.6 is 38.9 Å². The molecule has 0 aliphatic carbocycles. The summed E-state index contributed by atoms with van der Waals surface area (Å²) in [6, 6.07) is 15.6. The number of nitrogens with one attached hydrogen (secondary N) is 2. The van der Waals surface area contributed by atoms with Crippen molar-refractivity contribution in [3.63, 3.8) is 0 Å². The number of nitrogens with zero attached hydrogens (tertiary/aromatic N) is 2. The van der Waals surface area contributed by atoms with E-state index >= 15 is 0 Å². The second-order valence-corrected chi connectivity index (χ2v) is 10.3. The molecule has 208 valence electrons. The zero-order valence-corrected chi connectivity index (χ0v) is 23.9. The highest BCUT2D eigenvalue weighted by molar-refractivity contribution is 9.10. The maximum absolute atomic E-state index is 12.9. The maximum Gasteiger partial charge on any atom is 0.416 e. The summed E-state index contributed by atoms with van der Waals surface area (Å²) in [4.78, 5) is 16.6. The van der Waals surface area contributed by atoms with Crippen molar-refractivity contribution in [1.82, 2.24) is 10.4 Å². The Bertz CT molecular complexity index is 1530. The molecule has 3 aromatic carbocycles. The van der Waals surface area contributed by atoms with E-state index in [1.54, 1.807) is 23.6 Å². The molecule has 1 heterocycles. The Morgan fingerprint density at radius 1 is 1.15 bits per heavy atom. The molecule has 4 rings (SSSR count). The Balaban J connectivity index is 1.33. The van der Waals surface area contributed by atoms with Crippen LogP contribution in [0.3, 0.4) is 0 Å². The van der Waals surface area contributed by atoms with Crippen LogP contribution in [0.25, 0.3) is 0 Å². The van der Waals surface area contributed by atoms with Gasteiger partial charge in [0.25, 0.3) is 0 Å². The first-order valence-corrected chi connectivity index (χ1v) is 13.6. The van der Waals surface area contributed by atoms with E-state index in [1.165, 1.54) is 36.8 Å². The van der Waals surface area contributed by atoms with Crippen LogP contribution in [0.15, 0.2) is 75.6 Å². The zero-order chi connectivity index (χ0) is 28.7. The van der Waals surface area contributed by atoms with Crippen LogP contribution in [0.4, 0.5) is 24.0 Å². The van der Waals surface area contributed by atoms with E-state index in [0.29, 0.717) is 37.4 Å². The predicted octanol–water partition coefficient (Wildman–Crippen LogP) is 7.60. The molecule has 0 saturated carbocycles. The molecule has 0 radical (unpaired) electrons. The van der Waals surface area contributed by atoms with E-state index in [4.69, 9.17) is 21.1 Å². The van der Waals surface area contributed by atoms with Crippen LogP contribution in [-0.4, -0.2) is 24.2 Å². The number of ether oxygens (including phenoxy) is 2. The fraction of sp³-hybridized carbons (Fsp3) is 0.148. The summed E-state index contributed by atoms with van der Waals surface area (Å²) < 4.78 is 50.8. The number of hydrazone groups is 1. The first kappa shape index (κ1) is 29.4. The minimum atomic E-state index is -4.45. The Labute approximate surface area is 245 Å². The first-order chi connectivity index (χ1) is 19.1. The molecule has 0 atom stereocenters. The molecular formula is C27H21BrClF3N4O3S. The topological polar surface area (TPSA) is 84.8 Å². The van der Waals surface area contributed by atoms with Gasteiger partial charge in [-0.25, -0.2) is 10.4 Å². The van der Waals surface area contributed by atoms with Crippen LogP contribution in [0.2, 0.25) is 5.02 Å². The van der Waals surface area contributed by atoms with Crippen LogP contribution in [0.1, 0.15) is 22.4 Å². The van der Waals surface area contributed by atoms with Gasteiger partial charge in [-0.2, -0.15) is 18.3 Å². The van der Waals surface area contributed by atoms with E-state index in [0.717, 1.165) is 17.7 Å². The van der Waals surface area contributed by atoms with Crippen molar-refractivity contribution in [3.05, 3.63) is 97.9 Å². The SMILES string of the molecule is COc1cc(/C=N\NC(=O)Cc2csc(Nc3cccc(C(F)(F)F)c3)n2)c(Br)cc1OCc1ccccc1Cl. The molecule has 1 amide bonds. The molecule has 7 nitrogen and oxygen atoms in total. The van der Waals surface area contributed by atoms with Crippen molar-refractivity contribution >= 4 is 61.8 Å². The summed E-state index contributed by atoms with van der Waals surface area (Å²) in [5.74, 6) is 0.537. The number of amides is 1. The molecule has 0 aliphatic rings. The second-order valence-electron chi connectivity index (χ2n) is 8.22. The lowest BCUT2D eigenvalue weighted by molar-refractivity contribution is -0.137. The summed E-state index contributed by atoms with van der Waals surface area (Å²) in [6.45, 7) is 0.250. The predicted molar refractivity (Wildman–Crippen MR) is 153 cm³/mol. The Kier molecular flexibility index (Phi) is 9.67. The third-order valence-corrected chi connectivity index (χ3v) is 7.21. The maximum atomic E-state index is 12.9. The summed E-state index contributed by atoms with van der Waals surface area (Å²) in [5, 5.41) is 9.43. The average molecular weight is 654 g/mol. The smallest absolute Gasteiger partial charge is 0.416 e. The van der Waals surface area contributed by atoms with Gasteiger partial charge in [0.1, 0.15) is 6.61 Å². The lowest BCUT2D eigenvalue weighted by atomic mass is 10.2. The number of carbonyl (C=O) groups excluding carboxylic acids is 1. The molecule has 40 heavy (non-hydrogen) atoms. The monoisotopic (exact) mass is 652 g/mol. The van der Waals surface area contributed by atoms with E-state index in [-0.39, 0.29) is 18.7 Å². The molecule has 1 aromatic heterocycles. The van der Waals surface area contributed by atoms with Gasteiger partial charge < -0.3 is 14.8 Å². The van der Waals surface area contributed by atoms with Crippen LogP contribution in [0.5, 0.6) is 11.5 Å². The molecule has 0 saturated heterocycles. The minimum absolute atomic E-state index is 0.0720. The van der Waals surface area contributed by atoms with Crippen LogP contribution in [-0.2, 0) is 24.0 Å². The Morgan fingerprint density at radius 2 is 1.95 bits per heavy atom. The van der Waals surface area contributed by atoms with Crippen molar-refractivity contribution in [2.45, 2.75) is 19.2 Å². The van der Waals surface area contributed by atoms with Crippen molar-refractivity contribution in [2.24, 2.45) is 5.10 Å². The normalized spacial score (nSPS) is 11.4. The average Bonchev–Trinajstić information content (AvgIpc) is 3.35. The molecule has 0 unspecified atom stereocenters. The van der Waals surface area contributed by atoms with Gasteiger partial charge in [-0.3, -0.25) is 4.79 Å². The molecule has 0 fully saturated rings. The van der Waals surface area contributed by atoms with Gasteiger partial charge in [-0.05, 0) is 52.3 Å². The highest BCUT2D eigenvalue weighted by atomic mass is 79.9. The Hall–Kier alpha value is -3.61. The molecule has 4 aromatic rings. The van der Waals surface area contributed by atoms with E-state index in [9.17, 15) is 18.0 Å². The van der Waals surface area contributed by atoms with Crippen molar-refractivity contribution in [1.29, 1.82) is 0 Å². The number of rotatable bonds is 10. The van der Waals surface area contributed by atoms with Crippen LogP contribution < -0.4 is 20.2 Å². The first-order valence-electron chi connectivity index (χ1n) is 11.6. The quantitative estimate of drug-likeness (QED) is 0.136. The molecular weight excluding hydrogens is 633 g/mol. The summed E-state index contributed by atoms with van der Waals surface area (Å²) >= 11 is 10.8. The van der Waals surface area contributed by atoms with Gasteiger partial charge in [0.15, 0.2) is 16.6 Å². The van der Waals surface area contributed by atoms with Crippen molar-refractivity contribution < 1.29 is 27.4 Å². The molecule has 13 heteroatoms. The number of alkyl halides is 3. The van der Waals surface area contributed by atoms with Crippen molar-refractivity contribution in [2.75, 3.05) is 12.4 Å². The van der Waals surface area contributed by atoms with Crippen LogP contribution in [0, 0.1) is 0 Å². The fourth-order valence-electron chi connectivity index (χ4n) is 3.41. The fourth-order valence-corrected chi connectivity index (χ4v) is 4.76. The zero-order valence-electron chi connectivity index (χ0n) is 20.8. The van der Waals surface area contributed by atoms with E-state index < -0.39 is 17.6 Å². The number of carbonyl (C=O) groups is 1. The number of benzene rings is 3. The number of thiazole rings is 1. The third-order valence-electron chi connectivity index (χ3n) is 5.35. The van der Waals surface area contributed by atoms with Gasteiger partial charge in [0, 0.05) is 31.7 Å². The van der Waals surface area contributed by atoms with Gasteiger partial charge in [-0.1, -0.05) is 35.9 Å². The molecule has 2 N–H and O–H groups in total. The van der Waals surface area contributed by atoms with Gasteiger partial charge in [0.05, 0.1) is 31.0 Å². The van der Waals surface area contributed by atoms with Gasteiger partial charge >= 0.3 is 6.18 Å². The lowest BCUT2D eigenvalue weighted by Crippen LogP contribution is -2.20. The second kappa shape index (κ2) is 13.2. The third kappa shape index (κ3) is 7.96. The summed E-state index contributed by atoms with van der Waals surface area (Å²) in [6.07, 6.45) is -3.07. The number of hydrogen-bond acceptors (Lipinski definition) is 7. The minimum Gasteiger partial charge on any atom is -0.493 e. The standard InChI is InChI=1S/C27H21BrClF3N4O3S/c1-38-23-9-17(21(28)12-24(23)39-14-16-5-2-3-8-22(16)29)13-33-36-25(37)11-20-15-40-26(35-20)34-19-7-4-6-18(10-19)27(30,31)32/h2-10,12-13,15H,11,14H2,1H3,(H,34,35)(H,36,37)/b33-13-. The van der Waals surface area contributed by atoms with Gasteiger partial charge in [-0.15, -0.1) is 11.3 Å². The largest absolute Gasteiger partial charge is 0.493 e. The number of anilines is 2. The van der Waals surface area contributed by atoms with E-state index in [2.05, 4.69) is 36.8 Å². The highest BCUT2D eigenvalue weighted by Crippen LogP contribution is 2.34. The summed E-state index contributed by atoms with van der Waals surface area (Å²) in [5.41, 5.74) is 3.81.